The van der Waals surface area contributed by atoms with Crippen molar-refractivity contribution in [3.63, 3.8) is 0 Å². The first-order valence-corrected chi connectivity index (χ1v) is 12.9. The summed E-state index contributed by atoms with van der Waals surface area (Å²) in [6, 6.07) is 2.14. The van der Waals surface area contributed by atoms with Gasteiger partial charge in [-0.15, -0.1) is 11.3 Å². The van der Waals surface area contributed by atoms with Gasteiger partial charge in [-0.2, -0.15) is 23.4 Å². The number of H-pyrrole nitrogens is 1. The van der Waals surface area contributed by atoms with E-state index in [9.17, 15) is 13.2 Å². The average Bonchev–Trinajstić information content (AvgIpc) is 3.55. The van der Waals surface area contributed by atoms with Crippen LogP contribution >= 0.6 is 11.3 Å². The van der Waals surface area contributed by atoms with Gasteiger partial charge in [-0.05, 0) is 44.8 Å². The summed E-state index contributed by atoms with van der Waals surface area (Å²) in [5.74, 6) is 0.737. The van der Waals surface area contributed by atoms with Crippen molar-refractivity contribution in [3.05, 3.63) is 34.7 Å². The molecule has 2 saturated heterocycles. The maximum absolute atomic E-state index is 13.7. The van der Waals surface area contributed by atoms with Gasteiger partial charge in [-0.25, -0.2) is 14.5 Å². The van der Waals surface area contributed by atoms with E-state index in [1.807, 2.05) is 6.92 Å². The summed E-state index contributed by atoms with van der Waals surface area (Å²) < 4.78 is 53.4. The second-order valence-electron chi connectivity index (χ2n) is 9.51. The van der Waals surface area contributed by atoms with Crippen molar-refractivity contribution in [1.29, 1.82) is 0 Å². The number of thiazole rings is 1. The second-order valence-corrected chi connectivity index (χ2v) is 10.5. The molecule has 0 aromatic carbocycles. The lowest BCUT2D eigenvalue weighted by molar-refractivity contribution is -0.127. The van der Waals surface area contributed by atoms with E-state index < -0.39 is 12.6 Å². The Bertz CT molecular complexity index is 1420. The molecule has 37 heavy (non-hydrogen) atoms. The smallest absolute Gasteiger partial charge is 0.393 e. The van der Waals surface area contributed by atoms with Gasteiger partial charge in [0.15, 0.2) is 11.4 Å². The molecule has 0 bridgehead atoms. The van der Waals surface area contributed by atoms with Gasteiger partial charge >= 0.3 is 6.18 Å². The van der Waals surface area contributed by atoms with Crippen LogP contribution in [0.5, 0.6) is 5.75 Å². The van der Waals surface area contributed by atoms with Gasteiger partial charge in [0.25, 0.3) is 0 Å². The minimum atomic E-state index is -4.43. The number of pyridine rings is 1. The van der Waals surface area contributed by atoms with Crippen LogP contribution in [0.3, 0.4) is 0 Å². The average molecular weight is 534 g/mol. The van der Waals surface area contributed by atoms with Gasteiger partial charge in [-0.1, -0.05) is 0 Å². The van der Waals surface area contributed by atoms with E-state index in [2.05, 4.69) is 25.2 Å². The predicted octanol–water partition coefficient (Wildman–Crippen LogP) is 4.24. The third-order valence-electron chi connectivity index (χ3n) is 7.16. The number of hydrogen-bond donors (Lipinski definition) is 1. The van der Waals surface area contributed by atoms with Crippen LogP contribution in [0.25, 0.3) is 27.6 Å². The minimum absolute atomic E-state index is 0.0501. The topological polar surface area (TPSA) is 93.5 Å². The molecule has 0 aliphatic carbocycles. The van der Waals surface area contributed by atoms with Gasteiger partial charge in [-0.3, -0.25) is 10.00 Å². The van der Waals surface area contributed by atoms with Crippen molar-refractivity contribution < 1.29 is 22.6 Å². The van der Waals surface area contributed by atoms with E-state index in [4.69, 9.17) is 14.5 Å². The fourth-order valence-corrected chi connectivity index (χ4v) is 6.44. The lowest BCUT2D eigenvalue weighted by atomic mass is 9.93. The summed E-state index contributed by atoms with van der Waals surface area (Å²) in [6.45, 7) is 5.52. The van der Waals surface area contributed by atoms with Crippen molar-refractivity contribution >= 4 is 17.0 Å². The third-order valence-corrected chi connectivity index (χ3v) is 8.50. The first-order chi connectivity index (χ1) is 17.8. The Balaban J connectivity index is 1.35. The first-order valence-electron chi connectivity index (χ1n) is 12.1. The van der Waals surface area contributed by atoms with Gasteiger partial charge < -0.3 is 9.47 Å². The molecule has 4 aromatic rings. The molecule has 2 aliphatic rings. The predicted molar refractivity (Wildman–Crippen MR) is 131 cm³/mol. The van der Waals surface area contributed by atoms with E-state index in [0.29, 0.717) is 39.6 Å². The fourth-order valence-electron chi connectivity index (χ4n) is 5.18. The zero-order chi connectivity index (χ0) is 25.7. The summed E-state index contributed by atoms with van der Waals surface area (Å²) in [6.07, 6.45) is -0.604. The maximum atomic E-state index is 13.7. The zero-order valence-electron chi connectivity index (χ0n) is 20.4. The highest BCUT2D eigenvalue weighted by Crippen LogP contribution is 2.41. The molecule has 1 N–H and O–H groups in total. The minimum Gasteiger partial charge on any atom is -0.493 e. The number of aromatic nitrogens is 6. The number of piperidine rings is 1. The number of alkyl halides is 3. The van der Waals surface area contributed by atoms with Crippen LogP contribution in [0, 0.1) is 6.92 Å². The number of hydrogen-bond acceptors (Lipinski definition) is 8. The van der Waals surface area contributed by atoms with E-state index in [-0.39, 0.29) is 11.3 Å². The number of ether oxygens (including phenoxy) is 2. The monoisotopic (exact) mass is 533 g/mol. The summed E-state index contributed by atoms with van der Waals surface area (Å²) >= 11 is 1.46. The molecule has 0 unspecified atom stereocenters. The summed E-state index contributed by atoms with van der Waals surface area (Å²) in [7, 11) is 1.48. The molecule has 6 heterocycles. The van der Waals surface area contributed by atoms with Gasteiger partial charge in [0.1, 0.15) is 11.3 Å². The number of rotatable bonds is 6. The molecule has 13 heteroatoms. The normalized spacial score (nSPS) is 18.0. The lowest BCUT2D eigenvalue weighted by Gasteiger charge is -2.41. The standard InChI is InChI=1S/C24H26F3N7O2S/c1-13-21(14-3-5-33(6-4-14)16-10-36-11-16)37-23(30-13)20-17(8-24(25,26)27)19(31-32-20)15-7-18(35-2)22-28-12-29-34(22)9-15/h7,9,12,14,16H,3-6,8,10-11H2,1-2H3,(H,31,32). The number of nitrogens with zero attached hydrogens (tertiary/aromatic N) is 6. The Morgan fingerprint density at radius 2 is 2.03 bits per heavy atom. The molecular weight excluding hydrogens is 507 g/mol. The Labute approximate surface area is 214 Å². The van der Waals surface area contributed by atoms with Crippen molar-refractivity contribution in [3.8, 4) is 27.7 Å². The highest BCUT2D eigenvalue weighted by Gasteiger charge is 2.35. The highest BCUT2D eigenvalue weighted by atomic mass is 32.1. The Hall–Kier alpha value is -3.03. The SMILES string of the molecule is COc1cc(-c2n[nH]c(-c3nc(C)c(C4CCN(C5COC5)CC4)s3)c2CC(F)(F)F)cn2ncnc12. The number of fused-ring (bicyclic) bond motifs is 1. The van der Waals surface area contributed by atoms with Crippen LogP contribution in [0.1, 0.15) is 34.9 Å². The Kier molecular flexibility index (Phi) is 6.16. The van der Waals surface area contributed by atoms with E-state index in [0.717, 1.165) is 49.7 Å². The summed E-state index contributed by atoms with van der Waals surface area (Å²) in [5, 5.41) is 11.8. The van der Waals surface area contributed by atoms with Crippen LogP contribution < -0.4 is 4.74 Å². The van der Waals surface area contributed by atoms with E-state index in [1.54, 1.807) is 12.3 Å². The molecular formula is C24H26F3N7O2S. The van der Waals surface area contributed by atoms with Crippen molar-refractivity contribution in [1.82, 2.24) is 34.7 Å². The molecule has 0 atom stereocenters. The number of methoxy groups -OCH3 is 1. The molecule has 2 aliphatic heterocycles. The van der Waals surface area contributed by atoms with Crippen LogP contribution in [-0.4, -0.2) is 80.3 Å². The number of aromatic amines is 1. The van der Waals surface area contributed by atoms with Crippen LogP contribution in [-0.2, 0) is 11.2 Å². The van der Waals surface area contributed by atoms with Crippen molar-refractivity contribution in [2.75, 3.05) is 33.4 Å². The van der Waals surface area contributed by atoms with E-state index >= 15 is 0 Å². The molecule has 0 spiro atoms. The van der Waals surface area contributed by atoms with Gasteiger partial charge in [0, 0.05) is 22.2 Å². The lowest BCUT2D eigenvalue weighted by Crippen LogP contribution is -2.51. The van der Waals surface area contributed by atoms with Crippen molar-refractivity contribution in [2.45, 2.75) is 44.3 Å². The molecule has 196 valence electrons. The van der Waals surface area contributed by atoms with Crippen LogP contribution in [0.4, 0.5) is 13.2 Å². The second kappa shape index (κ2) is 9.37. The van der Waals surface area contributed by atoms with Gasteiger partial charge in [0.05, 0.1) is 49.9 Å². The fraction of sp³-hybridized carbons (Fsp3) is 0.500. The van der Waals surface area contributed by atoms with Crippen LogP contribution in [0.2, 0.25) is 0 Å². The number of likely N-dealkylation sites (tertiary alicyclic amines) is 1. The summed E-state index contributed by atoms with van der Waals surface area (Å²) in [5.41, 5.74) is 2.31. The molecule has 6 rings (SSSR count). The number of aryl methyl sites for hydroxylation is 1. The van der Waals surface area contributed by atoms with Crippen LogP contribution in [0.15, 0.2) is 18.6 Å². The maximum Gasteiger partial charge on any atom is 0.393 e. The highest BCUT2D eigenvalue weighted by molar-refractivity contribution is 7.15. The zero-order valence-corrected chi connectivity index (χ0v) is 21.2. The summed E-state index contributed by atoms with van der Waals surface area (Å²) in [4.78, 5) is 12.5. The van der Waals surface area contributed by atoms with Crippen molar-refractivity contribution in [2.24, 2.45) is 0 Å². The third kappa shape index (κ3) is 4.59. The Morgan fingerprint density at radius 1 is 1.24 bits per heavy atom. The quantitative estimate of drug-likeness (QED) is 0.396. The van der Waals surface area contributed by atoms with Gasteiger partial charge in [0.2, 0.25) is 0 Å². The molecule has 4 aromatic heterocycles. The molecule has 0 radical (unpaired) electrons. The number of halogens is 3. The molecule has 9 nitrogen and oxygen atoms in total. The van der Waals surface area contributed by atoms with E-state index in [1.165, 1.54) is 29.3 Å². The largest absolute Gasteiger partial charge is 0.493 e. The molecule has 0 amide bonds. The first kappa shape index (κ1) is 24.3. The Morgan fingerprint density at radius 3 is 2.70 bits per heavy atom. The molecule has 2 fully saturated rings. The number of nitrogens with one attached hydrogen (secondary N) is 1. The molecule has 0 saturated carbocycles.